The predicted octanol–water partition coefficient (Wildman–Crippen LogP) is 4.47. The van der Waals surface area contributed by atoms with Gasteiger partial charge in [-0.3, -0.25) is 4.79 Å². The number of hydrogen-bond acceptors (Lipinski definition) is 4. The van der Waals surface area contributed by atoms with E-state index in [2.05, 4.69) is 10.6 Å². The Bertz CT molecular complexity index is 941. The van der Waals surface area contributed by atoms with Crippen molar-refractivity contribution < 1.29 is 18.7 Å². The summed E-state index contributed by atoms with van der Waals surface area (Å²) in [6, 6.07) is 19.2. The minimum absolute atomic E-state index is 0.0209. The maximum absolute atomic E-state index is 13.5. The van der Waals surface area contributed by atoms with Crippen LogP contribution in [0.15, 0.2) is 66.7 Å². The fourth-order valence-electron chi connectivity index (χ4n) is 3.12. The van der Waals surface area contributed by atoms with E-state index in [1.165, 1.54) is 12.1 Å². The van der Waals surface area contributed by atoms with Crippen LogP contribution in [0.5, 0.6) is 11.5 Å². The van der Waals surface area contributed by atoms with E-state index in [1.807, 2.05) is 55.5 Å². The number of nitrogens with one attached hydrogen (secondary N) is 2. The van der Waals surface area contributed by atoms with Crippen molar-refractivity contribution in [2.45, 2.75) is 13.0 Å². The number of halogens is 1. The molecule has 0 aliphatic carbocycles. The van der Waals surface area contributed by atoms with E-state index in [0.717, 1.165) is 28.2 Å². The number of carbonyl (C=O) groups is 1. The molecule has 0 fully saturated rings. The van der Waals surface area contributed by atoms with E-state index >= 15 is 0 Å². The van der Waals surface area contributed by atoms with Gasteiger partial charge in [-0.25, -0.2) is 4.39 Å². The number of hydrogen-bond donors (Lipinski definition) is 2. The van der Waals surface area contributed by atoms with E-state index in [1.54, 1.807) is 20.3 Å². The van der Waals surface area contributed by atoms with E-state index in [9.17, 15) is 9.18 Å². The van der Waals surface area contributed by atoms with Crippen LogP contribution in [-0.2, 0) is 4.79 Å². The van der Waals surface area contributed by atoms with Crippen molar-refractivity contribution in [3.05, 3.63) is 89.2 Å². The SMILES string of the molecule is COc1ccc(C(NC(=O)CNc2cc(F)ccc2C)c2ccc(OC)cc2)cc1. The van der Waals surface area contributed by atoms with Gasteiger partial charge in [0.2, 0.25) is 5.91 Å². The molecule has 0 aliphatic heterocycles. The molecule has 0 heterocycles. The molecule has 0 saturated carbocycles. The summed E-state index contributed by atoms with van der Waals surface area (Å²) in [7, 11) is 3.22. The summed E-state index contributed by atoms with van der Waals surface area (Å²) in [5, 5.41) is 6.06. The Morgan fingerprint density at radius 2 is 1.43 bits per heavy atom. The Labute approximate surface area is 175 Å². The number of benzene rings is 3. The average Bonchev–Trinajstić information content (AvgIpc) is 2.78. The summed E-state index contributed by atoms with van der Waals surface area (Å²) in [4.78, 5) is 12.7. The van der Waals surface area contributed by atoms with Crippen molar-refractivity contribution in [1.29, 1.82) is 0 Å². The van der Waals surface area contributed by atoms with Crippen LogP contribution in [0, 0.1) is 12.7 Å². The average molecular weight is 408 g/mol. The van der Waals surface area contributed by atoms with Gasteiger partial charge in [-0.05, 0) is 60.0 Å². The van der Waals surface area contributed by atoms with E-state index in [4.69, 9.17) is 9.47 Å². The van der Waals surface area contributed by atoms with Gasteiger partial charge in [0, 0.05) is 5.69 Å². The second-order valence-electron chi connectivity index (χ2n) is 6.86. The zero-order chi connectivity index (χ0) is 21.5. The first kappa shape index (κ1) is 21.2. The minimum Gasteiger partial charge on any atom is -0.497 e. The highest BCUT2D eigenvalue weighted by Crippen LogP contribution is 2.26. The van der Waals surface area contributed by atoms with Crippen LogP contribution in [0.2, 0.25) is 0 Å². The number of carbonyl (C=O) groups excluding carboxylic acids is 1. The summed E-state index contributed by atoms with van der Waals surface area (Å²) in [6.45, 7) is 1.88. The molecule has 0 atom stereocenters. The monoisotopic (exact) mass is 408 g/mol. The van der Waals surface area contributed by atoms with E-state index in [0.29, 0.717) is 5.69 Å². The molecule has 30 heavy (non-hydrogen) atoms. The van der Waals surface area contributed by atoms with Gasteiger partial charge in [0.05, 0.1) is 26.8 Å². The van der Waals surface area contributed by atoms with E-state index in [-0.39, 0.29) is 24.3 Å². The van der Waals surface area contributed by atoms with Crippen LogP contribution in [0.25, 0.3) is 0 Å². The van der Waals surface area contributed by atoms with Gasteiger partial charge in [-0.15, -0.1) is 0 Å². The lowest BCUT2D eigenvalue weighted by Gasteiger charge is -2.21. The van der Waals surface area contributed by atoms with Crippen molar-refractivity contribution in [2.24, 2.45) is 0 Å². The Morgan fingerprint density at radius 3 is 1.93 bits per heavy atom. The molecule has 156 valence electrons. The van der Waals surface area contributed by atoms with Crippen molar-refractivity contribution in [1.82, 2.24) is 5.32 Å². The lowest BCUT2D eigenvalue weighted by atomic mass is 9.98. The van der Waals surface area contributed by atoms with Gasteiger partial charge in [0.15, 0.2) is 0 Å². The van der Waals surface area contributed by atoms with Gasteiger partial charge in [-0.1, -0.05) is 30.3 Å². The van der Waals surface area contributed by atoms with Crippen molar-refractivity contribution in [2.75, 3.05) is 26.1 Å². The largest absolute Gasteiger partial charge is 0.497 e. The molecule has 6 heteroatoms. The van der Waals surface area contributed by atoms with Gasteiger partial charge in [0.25, 0.3) is 0 Å². The Kier molecular flexibility index (Phi) is 6.91. The highest BCUT2D eigenvalue weighted by Gasteiger charge is 2.17. The first-order valence-corrected chi connectivity index (χ1v) is 9.57. The van der Waals surface area contributed by atoms with Crippen molar-refractivity contribution >= 4 is 11.6 Å². The van der Waals surface area contributed by atoms with Crippen LogP contribution >= 0.6 is 0 Å². The Morgan fingerprint density at radius 1 is 0.900 bits per heavy atom. The minimum atomic E-state index is -0.357. The van der Waals surface area contributed by atoms with Gasteiger partial charge >= 0.3 is 0 Å². The summed E-state index contributed by atoms with van der Waals surface area (Å²) in [6.07, 6.45) is 0. The third-order valence-corrected chi connectivity index (χ3v) is 4.84. The molecule has 0 radical (unpaired) electrons. The van der Waals surface area contributed by atoms with Crippen molar-refractivity contribution in [3.63, 3.8) is 0 Å². The smallest absolute Gasteiger partial charge is 0.240 e. The number of methoxy groups -OCH3 is 2. The maximum atomic E-state index is 13.5. The fourth-order valence-corrected chi connectivity index (χ4v) is 3.12. The molecule has 0 aliphatic rings. The van der Waals surface area contributed by atoms with Gasteiger partial charge < -0.3 is 20.1 Å². The summed E-state index contributed by atoms with van der Waals surface area (Å²) in [5.41, 5.74) is 3.29. The van der Waals surface area contributed by atoms with Gasteiger partial charge in [0.1, 0.15) is 17.3 Å². The number of ether oxygens (including phenoxy) is 2. The Hall–Kier alpha value is -3.54. The summed E-state index contributed by atoms with van der Waals surface area (Å²) in [5.74, 6) is 0.914. The molecule has 0 bridgehead atoms. The predicted molar refractivity (Wildman–Crippen MR) is 116 cm³/mol. The quantitative estimate of drug-likeness (QED) is 0.577. The lowest BCUT2D eigenvalue weighted by molar-refractivity contribution is -0.119. The molecular formula is C24H25FN2O3. The standard InChI is InChI=1S/C24H25FN2O3/c1-16-4-9-19(25)14-22(16)26-15-23(28)27-24(17-5-10-20(29-2)11-6-17)18-7-12-21(30-3)13-8-18/h4-14,24,26H,15H2,1-3H3,(H,27,28). The maximum Gasteiger partial charge on any atom is 0.240 e. The van der Waals surface area contributed by atoms with Crippen LogP contribution in [0.1, 0.15) is 22.7 Å². The van der Waals surface area contributed by atoms with Crippen LogP contribution < -0.4 is 20.1 Å². The second-order valence-corrected chi connectivity index (χ2v) is 6.86. The molecule has 2 N–H and O–H groups in total. The second kappa shape index (κ2) is 9.78. The van der Waals surface area contributed by atoms with Crippen LogP contribution in [-0.4, -0.2) is 26.7 Å². The first-order chi connectivity index (χ1) is 14.5. The number of rotatable bonds is 8. The fraction of sp³-hybridized carbons (Fsp3) is 0.208. The van der Waals surface area contributed by atoms with Crippen LogP contribution in [0.4, 0.5) is 10.1 Å². The Balaban J connectivity index is 1.78. The summed E-state index contributed by atoms with van der Waals surface area (Å²) >= 11 is 0. The first-order valence-electron chi connectivity index (χ1n) is 9.57. The highest BCUT2D eigenvalue weighted by atomic mass is 19.1. The van der Waals surface area contributed by atoms with Crippen molar-refractivity contribution in [3.8, 4) is 11.5 Å². The molecule has 0 saturated heterocycles. The normalized spacial score (nSPS) is 10.6. The van der Waals surface area contributed by atoms with Gasteiger partial charge in [-0.2, -0.15) is 0 Å². The zero-order valence-electron chi connectivity index (χ0n) is 17.2. The number of amides is 1. The topological polar surface area (TPSA) is 59.6 Å². The molecule has 3 aromatic carbocycles. The molecule has 3 aromatic rings. The third kappa shape index (κ3) is 5.29. The molecular weight excluding hydrogens is 383 g/mol. The molecule has 1 amide bonds. The lowest BCUT2D eigenvalue weighted by Crippen LogP contribution is -2.34. The molecule has 3 rings (SSSR count). The molecule has 0 spiro atoms. The molecule has 5 nitrogen and oxygen atoms in total. The third-order valence-electron chi connectivity index (χ3n) is 4.84. The number of anilines is 1. The number of aryl methyl sites for hydroxylation is 1. The highest BCUT2D eigenvalue weighted by molar-refractivity contribution is 5.81. The molecule has 0 aromatic heterocycles. The van der Waals surface area contributed by atoms with Crippen LogP contribution in [0.3, 0.4) is 0 Å². The molecule has 0 unspecified atom stereocenters. The summed E-state index contributed by atoms with van der Waals surface area (Å²) < 4.78 is 23.9. The van der Waals surface area contributed by atoms with E-state index < -0.39 is 0 Å². The zero-order valence-corrected chi connectivity index (χ0v) is 17.2.